The summed E-state index contributed by atoms with van der Waals surface area (Å²) in [5.74, 6) is 1.21. The van der Waals surface area contributed by atoms with Crippen molar-refractivity contribution < 1.29 is 19.1 Å². The van der Waals surface area contributed by atoms with Gasteiger partial charge in [-0.1, -0.05) is 30.7 Å². The molecule has 6 heteroatoms. The molecule has 1 aliphatic rings. The van der Waals surface area contributed by atoms with Gasteiger partial charge in [-0.15, -0.1) is 0 Å². The predicted octanol–water partition coefficient (Wildman–Crippen LogP) is 6.02. The lowest BCUT2D eigenvalue weighted by Gasteiger charge is -2.38. The maximum Gasteiger partial charge on any atom is 0.232 e. The number of nitrogens with zero attached hydrogens (tertiary/aromatic N) is 1. The molecule has 0 fully saturated rings. The molecule has 3 aromatic carbocycles. The van der Waals surface area contributed by atoms with E-state index in [0.29, 0.717) is 28.7 Å². The minimum Gasteiger partial charge on any atom is -0.493 e. The number of amides is 1. The summed E-state index contributed by atoms with van der Waals surface area (Å²) in [7, 11) is 1.60. The van der Waals surface area contributed by atoms with Crippen molar-refractivity contribution in [3.63, 3.8) is 0 Å². The lowest BCUT2D eigenvalue weighted by atomic mass is 9.86. The van der Waals surface area contributed by atoms with Gasteiger partial charge in [-0.25, -0.2) is 0 Å². The van der Waals surface area contributed by atoms with E-state index in [4.69, 9.17) is 21.1 Å². The van der Waals surface area contributed by atoms with Gasteiger partial charge in [0.2, 0.25) is 5.91 Å². The molecule has 0 bridgehead atoms. The molecule has 3 aromatic rings. The van der Waals surface area contributed by atoms with Crippen molar-refractivity contribution in [3.05, 3.63) is 87.9 Å². The van der Waals surface area contributed by atoms with E-state index in [0.717, 1.165) is 28.8 Å². The zero-order chi connectivity index (χ0) is 23.5. The van der Waals surface area contributed by atoms with Crippen LogP contribution in [-0.2, 0) is 11.2 Å². The highest BCUT2D eigenvalue weighted by Crippen LogP contribution is 2.43. The second-order valence-electron chi connectivity index (χ2n) is 8.05. The first-order valence-corrected chi connectivity index (χ1v) is 11.3. The Balaban J connectivity index is 1.88. The minimum absolute atomic E-state index is 0.0177. The molecule has 5 nitrogen and oxygen atoms in total. The molecular formula is C27H26ClNO4. The molecule has 0 saturated heterocycles. The molecule has 1 amide bonds. The van der Waals surface area contributed by atoms with Gasteiger partial charge in [0, 0.05) is 16.3 Å². The van der Waals surface area contributed by atoms with Gasteiger partial charge in [0.05, 0.1) is 26.2 Å². The van der Waals surface area contributed by atoms with Gasteiger partial charge in [0.25, 0.3) is 0 Å². The van der Waals surface area contributed by atoms with Gasteiger partial charge in [-0.3, -0.25) is 9.59 Å². The average molecular weight is 464 g/mol. The smallest absolute Gasteiger partial charge is 0.232 e. The van der Waals surface area contributed by atoms with E-state index in [1.54, 1.807) is 24.1 Å². The van der Waals surface area contributed by atoms with E-state index in [-0.39, 0.29) is 24.2 Å². The van der Waals surface area contributed by atoms with E-state index < -0.39 is 0 Å². The molecule has 170 valence electrons. The van der Waals surface area contributed by atoms with Crippen molar-refractivity contribution in [2.45, 2.75) is 32.7 Å². The summed E-state index contributed by atoms with van der Waals surface area (Å²) in [5, 5.41) is 0.625. The first kappa shape index (κ1) is 22.9. The molecule has 4 rings (SSSR count). The van der Waals surface area contributed by atoms with Crippen LogP contribution in [0, 0.1) is 0 Å². The molecule has 1 atom stereocenters. The summed E-state index contributed by atoms with van der Waals surface area (Å²) in [5.41, 5.74) is 4.13. The van der Waals surface area contributed by atoms with Crippen LogP contribution < -0.4 is 14.4 Å². The maximum absolute atomic E-state index is 13.4. The molecule has 0 spiro atoms. The number of fused-ring (bicyclic) bond motifs is 1. The standard InChI is InChI=1S/C27H26ClNO4/c1-4-13-33-25-16-23-20(14-24(25)32-3)15-26(31)29(22-11-7-18(8-12-22)17(2)30)27(23)19-5-9-21(28)10-6-19/h5-12,14,16,27H,4,13,15H2,1-3H3. The van der Waals surface area contributed by atoms with E-state index in [9.17, 15) is 9.59 Å². The molecule has 0 aromatic heterocycles. The first-order chi connectivity index (χ1) is 15.9. The normalized spacial score (nSPS) is 15.2. The number of hydrogen-bond acceptors (Lipinski definition) is 4. The van der Waals surface area contributed by atoms with Gasteiger partial charge < -0.3 is 14.4 Å². The van der Waals surface area contributed by atoms with Crippen LogP contribution >= 0.6 is 11.6 Å². The molecule has 0 aliphatic carbocycles. The van der Waals surface area contributed by atoms with Crippen LogP contribution in [-0.4, -0.2) is 25.4 Å². The Kier molecular flexibility index (Phi) is 6.70. The Hall–Kier alpha value is -3.31. The number of ether oxygens (including phenoxy) is 2. The number of carbonyl (C=O) groups is 2. The first-order valence-electron chi connectivity index (χ1n) is 10.9. The lowest BCUT2D eigenvalue weighted by Crippen LogP contribution is -2.41. The molecule has 1 unspecified atom stereocenters. The summed E-state index contributed by atoms with van der Waals surface area (Å²) in [6.07, 6.45) is 1.10. The van der Waals surface area contributed by atoms with Crippen LogP contribution in [0.5, 0.6) is 11.5 Å². The third-order valence-electron chi connectivity index (χ3n) is 5.79. The van der Waals surface area contributed by atoms with Gasteiger partial charge in [-0.05, 0) is 78.6 Å². The number of methoxy groups -OCH3 is 1. The number of anilines is 1. The van der Waals surface area contributed by atoms with Crippen molar-refractivity contribution in [3.8, 4) is 11.5 Å². The second-order valence-corrected chi connectivity index (χ2v) is 8.48. The number of Topliss-reactive ketones (excluding diaryl/α,β-unsaturated/α-hetero) is 1. The third kappa shape index (κ3) is 4.60. The van der Waals surface area contributed by atoms with Crippen LogP contribution in [0.15, 0.2) is 60.7 Å². The summed E-state index contributed by atoms with van der Waals surface area (Å²) in [4.78, 5) is 27.0. The monoisotopic (exact) mass is 463 g/mol. The predicted molar refractivity (Wildman–Crippen MR) is 130 cm³/mol. The molecular weight excluding hydrogens is 438 g/mol. The van der Waals surface area contributed by atoms with Crippen LogP contribution in [0.3, 0.4) is 0 Å². The third-order valence-corrected chi connectivity index (χ3v) is 6.04. The lowest BCUT2D eigenvalue weighted by molar-refractivity contribution is -0.118. The summed E-state index contributed by atoms with van der Waals surface area (Å²) >= 11 is 6.15. The van der Waals surface area contributed by atoms with Crippen molar-refractivity contribution in [1.29, 1.82) is 0 Å². The SMILES string of the molecule is CCCOc1cc2c(cc1OC)CC(=O)N(c1ccc(C(C)=O)cc1)C2c1ccc(Cl)cc1. The number of rotatable bonds is 7. The average Bonchev–Trinajstić information content (AvgIpc) is 2.82. The molecule has 0 radical (unpaired) electrons. The molecule has 33 heavy (non-hydrogen) atoms. The zero-order valence-electron chi connectivity index (χ0n) is 18.9. The number of hydrogen-bond donors (Lipinski definition) is 0. The van der Waals surface area contributed by atoms with Gasteiger partial charge >= 0.3 is 0 Å². The van der Waals surface area contributed by atoms with E-state index >= 15 is 0 Å². The number of ketones is 1. The Labute approximate surface area is 198 Å². The summed E-state index contributed by atoms with van der Waals surface area (Å²) in [6.45, 7) is 4.14. The Morgan fingerprint density at radius 3 is 2.36 bits per heavy atom. The van der Waals surface area contributed by atoms with Crippen molar-refractivity contribution in [2.75, 3.05) is 18.6 Å². The van der Waals surface area contributed by atoms with Crippen LogP contribution in [0.4, 0.5) is 5.69 Å². The Morgan fingerprint density at radius 2 is 1.76 bits per heavy atom. The van der Waals surface area contributed by atoms with E-state index in [2.05, 4.69) is 0 Å². The van der Waals surface area contributed by atoms with Gasteiger partial charge in [0.15, 0.2) is 17.3 Å². The van der Waals surface area contributed by atoms with Crippen molar-refractivity contribution >= 4 is 29.0 Å². The fourth-order valence-corrected chi connectivity index (χ4v) is 4.29. The van der Waals surface area contributed by atoms with E-state index in [1.807, 2.05) is 55.5 Å². The van der Waals surface area contributed by atoms with Crippen LogP contribution in [0.1, 0.15) is 53.4 Å². The number of halogens is 1. The Bertz CT molecular complexity index is 1170. The number of benzene rings is 3. The maximum atomic E-state index is 13.4. The molecule has 0 N–H and O–H groups in total. The largest absolute Gasteiger partial charge is 0.493 e. The molecule has 0 saturated carbocycles. The van der Waals surface area contributed by atoms with Gasteiger partial charge in [0.1, 0.15) is 0 Å². The van der Waals surface area contributed by atoms with Crippen molar-refractivity contribution in [2.24, 2.45) is 0 Å². The highest BCUT2D eigenvalue weighted by atomic mass is 35.5. The fourth-order valence-electron chi connectivity index (χ4n) is 4.16. The Morgan fingerprint density at radius 1 is 1.06 bits per heavy atom. The summed E-state index contributed by atoms with van der Waals surface area (Å²) < 4.78 is 11.5. The molecule has 1 aliphatic heterocycles. The highest BCUT2D eigenvalue weighted by Gasteiger charge is 2.36. The quantitative estimate of drug-likeness (QED) is 0.402. The highest BCUT2D eigenvalue weighted by molar-refractivity contribution is 6.30. The fraction of sp³-hybridized carbons (Fsp3) is 0.259. The van der Waals surface area contributed by atoms with E-state index in [1.165, 1.54) is 6.92 Å². The van der Waals surface area contributed by atoms with Crippen LogP contribution in [0.25, 0.3) is 0 Å². The van der Waals surface area contributed by atoms with Crippen LogP contribution in [0.2, 0.25) is 5.02 Å². The molecule has 1 heterocycles. The topological polar surface area (TPSA) is 55.8 Å². The zero-order valence-corrected chi connectivity index (χ0v) is 19.7. The minimum atomic E-state index is -0.378. The summed E-state index contributed by atoms with van der Waals surface area (Å²) in [6, 6.07) is 18.2. The second kappa shape index (κ2) is 9.67. The number of carbonyl (C=O) groups excluding carboxylic acids is 2. The van der Waals surface area contributed by atoms with Crippen molar-refractivity contribution in [1.82, 2.24) is 0 Å². The van der Waals surface area contributed by atoms with Gasteiger partial charge in [-0.2, -0.15) is 0 Å².